The van der Waals surface area contributed by atoms with E-state index >= 15 is 0 Å². The van der Waals surface area contributed by atoms with Gasteiger partial charge < -0.3 is 10.1 Å². The molecule has 0 fully saturated rings. The molecule has 1 atom stereocenters. The number of rotatable bonds is 7. The normalized spacial score (nSPS) is 13.3. The van der Waals surface area contributed by atoms with Crippen molar-refractivity contribution in [3.8, 4) is 5.75 Å². The highest BCUT2D eigenvalue weighted by atomic mass is 19.4. The van der Waals surface area contributed by atoms with Crippen molar-refractivity contribution >= 4 is 5.69 Å². The van der Waals surface area contributed by atoms with Gasteiger partial charge in [-0.2, -0.15) is 13.2 Å². The Bertz CT molecular complexity index is 387. The van der Waals surface area contributed by atoms with Crippen LogP contribution in [0, 0.1) is 0 Å². The maximum absolute atomic E-state index is 12.0. The summed E-state index contributed by atoms with van der Waals surface area (Å²) in [5.74, 6) is 0.787. The van der Waals surface area contributed by atoms with Gasteiger partial charge >= 0.3 is 6.18 Å². The van der Waals surface area contributed by atoms with Crippen LogP contribution >= 0.6 is 0 Å². The summed E-state index contributed by atoms with van der Waals surface area (Å²) in [5, 5.41) is 3.19. The molecule has 0 saturated carbocycles. The van der Waals surface area contributed by atoms with Gasteiger partial charge in [-0.05, 0) is 57.9 Å². The van der Waals surface area contributed by atoms with Gasteiger partial charge in [0, 0.05) is 18.2 Å². The Kier molecular flexibility index (Phi) is 6.17. The SMILES string of the molecule is CC(CCCC(F)(F)F)Nc1ccc(OC(C)C)cc1. The van der Waals surface area contributed by atoms with E-state index in [0.717, 1.165) is 11.4 Å². The first kappa shape index (κ1) is 16.7. The molecule has 0 bridgehead atoms. The van der Waals surface area contributed by atoms with Crippen LogP contribution in [0.1, 0.15) is 40.0 Å². The summed E-state index contributed by atoms with van der Waals surface area (Å²) >= 11 is 0. The van der Waals surface area contributed by atoms with Crippen LogP contribution in [0.15, 0.2) is 24.3 Å². The number of nitrogens with one attached hydrogen (secondary N) is 1. The van der Waals surface area contributed by atoms with Crippen molar-refractivity contribution in [3.05, 3.63) is 24.3 Å². The Labute approximate surface area is 118 Å². The minimum absolute atomic E-state index is 0.00853. The average Bonchev–Trinajstić information content (AvgIpc) is 2.29. The number of hydrogen-bond donors (Lipinski definition) is 1. The first-order valence-corrected chi connectivity index (χ1v) is 6.86. The van der Waals surface area contributed by atoms with E-state index in [-0.39, 0.29) is 18.6 Å². The molecule has 0 spiro atoms. The summed E-state index contributed by atoms with van der Waals surface area (Å²) in [6, 6.07) is 7.46. The standard InChI is InChI=1S/C15H22F3NO/c1-11(2)20-14-8-6-13(7-9-14)19-12(3)5-4-10-15(16,17)18/h6-9,11-12,19H,4-5,10H2,1-3H3. The molecule has 114 valence electrons. The van der Waals surface area contributed by atoms with Crippen LogP contribution in [-0.2, 0) is 0 Å². The van der Waals surface area contributed by atoms with Crippen molar-refractivity contribution in [2.45, 2.75) is 58.4 Å². The molecule has 1 aromatic rings. The number of hydrogen-bond acceptors (Lipinski definition) is 2. The zero-order valence-corrected chi connectivity index (χ0v) is 12.1. The van der Waals surface area contributed by atoms with Gasteiger partial charge in [-0.1, -0.05) is 0 Å². The van der Waals surface area contributed by atoms with Crippen molar-refractivity contribution in [1.82, 2.24) is 0 Å². The van der Waals surface area contributed by atoms with Gasteiger partial charge in [0.2, 0.25) is 0 Å². The predicted molar refractivity (Wildman–Crippen MR) is 75.2 cm³/mol. The van der Waals surface area contributed by atoms with E-state index in [1.807, 2.05) is 45.0 Å². The molecule has 0 aromatic heterocycles. The largest absolute Gasteiger partial charge is 0.491 e. The van der Waals surface area contributed by atoms with Crippen LogP contribution in [0.3, 0.4) is 0 Å². The Morgan fingerprint density at radius 1 is 1.10 bits per heavy atom. The van der Waals surface area contributed by atoms with Gasteiger partial charge in [-0.15, -0.1) is 0 Å². The lowest BCUT2D eigenvalue weighted by Gasteiger charge is -2.16. The van der Waals surface area contributed by atoms with Crippen LogP contribution < -0.4 is 10.1 Å². The summed E-state index contributed by atoms with van der Waals surface area (Å²) in [7, 11) is 0. The van der Waals surface area contributed by atoms with E-state index < -0.39 is 12.6 Å². The Balaban J connectivity index is 2.36. The second-order valence-electron chi connectivity index (χ2n) is 5.24. The van der Waals surface area contributed by atoms with Crippen molar-refractivity contribution < 1.29 is 17.9 Å². The quantitative estimate of drug-likeness (QED) is 0.762. The van der Waals surface area contributed by atoms with Crippen LogP contribution in [0.2, 0.25) is 0 Å². The second kappa shape index (κ2) is 7.41. The van der Waals surface area contributed by atoms with Crippen LogP contribution in [0.5, 0.6) is 5.75 Å². The van der Waals surface area contributed by atoms with Crippen molar-refractivity contribution in [2.75, 3.05) is 5.32 Å². The highest BCUT2D eigenvalue weighted by Gasteiger charge is 2.26. The molecule has 0 aliphatic rings. The monoisotopic (exact) mass is 289 g/mol. The number of anilines is 1. The van der Waals surface area contributed by atoms with Crippen molar-refractivity contribution in [3.63, 3.8) is 0 Å². The Morgan fingerprint density at radius 2 is 1.70 bits per heavy atom. The minimum Gasteiger partial charge on any atom is -0.491 e. The molecule has 2 nitrogen and oxygen atoms in total. The van der Waals surface area contributed by atoms with E-state index in [0.29, 0.717) is 6.42 Å². The molecule has 0 amide bonds. The summed E-state index contributed by atoms with van der Waals surface area (Å²) < 4.78 is 41.7. The van der Waals surface area contributed by atoms with Crippen molar-refractivity contribution in [2.24, 2.45) is 0 Å². The molecule has 1 rings (SSSR count). The zero-order chi connectivity index (χ0) is 15.2. The fraction of sp³-hybridized carbons (Fsp3) is 0.600. The predicted octanol–water partition coefficient (Wildman–Crippen LogP) is 5.01. The van der Waals surface area contributed by atoms with Crippen LogP contribution in [0.25, 0.3) is 0 Å². The molecule has 0 saturated heterocycles. The summed E-state index contributed by atoms with van der Waals surface area (Å²) in [6.45, 7) is 5.79. The van der Waals surface area contributed by atoms with E-state index in [2.05, 4.69) is 5.32 Å². The fourth-order valence-electron chi connectivity index (χ4n) is 1.87. The number of benzene rings is 1. The molecule has 0 heterocycles. The highest BCUT2D eigenvalue weighted by molar-refractivity contribution is 5.46. The van der Waals surface area contributed by atoms with E-state index in [4.69, 9.17) is 4.74 Å². The molecule has 20 heavy (non-hydrogen) atoms. The fourth-order valence-corrected chi connectivity index (χ4v) is 1.87. The molecule has 0 aliphatic heterocycles. The lowest BCUT2D eigenvalue weighted by Crippen LogP contribution is -2.16. The third-order valence-corrected chi connectivity index (χ3v) is 2.74. The topological polar surface area (TPSA) is 21.3 Å². The second-order valence-corrected chi connectivity index (χ2v) is 5.24. The van der Waals surface area contributed by atoms with Gasteiger partial charge in [-0.25, -0.2) is 0 Å². The van der Waals surface area contributed by atoms with Crippen LogP contribution in [-0.4, -0.2) is 18.3 Å². The molecule has 0 radical (unpaired) electrons. The molecular formula is C15H22F3NO. The molecular weight excluding hydrogens is 267 g/mol. The average molecular weight is 289 g/mol. The maximum atomic E-state index is 12.0. The van der Waals surface area contributed by atoms with Crippen molar-refractivity contribution in [1.29, 1.82) is 0 Å². The number of ether oxygens (including phenoxy) is 1. The zero-order valence-electron chi connectivity index (χ0n) is 12.1. The van der Waals surface area contributed by atoms with E-state index in [9.17, 15) is 13.2 Å². The molecule has 1 aromatic carbocycles. The Morgan fingerprint density at radius 3 is 2.20 bits per heavy atom. The Hall–Kier alpha value is -1.39. The maximum Gasteiger partial charge on any atom is 0.389 e. The van der Waals surface area contributed by atoms with E-state index in [1.165, 1.54) is 0 Å². The smallest absolute Gasteiger partial charge is 0.389 e. The molecule has 1 N–H and O–H groups in total. The summed E-state index contributed by atoms with van der Waals surface area (Å²) in [6.07, 6.45) is -4.03. The van der Waals surface area contributed by atoms with E-state index in [1.54, 1.807) is 0 Å². The van der Waals surface area contributed by atoms with Gasteiger partial charge in [0.15, 0.2) is 0 Å². The number of alkyl halides is 3. The third-order valence-electron chi connectivity index (χ3n) is 2.74. The first-order valence-electron chi connectivity index (χ1n) is 6.86. The summed E-state index contributed by atoms with van der Waals surface area (Å²) in [4.78, 5) is 0. The third kappa shape index (κ3) is 7.26. The van der Waals surface area contributed by atoms with Gasteiger partial charge in [0.1, 0.15) is 5.75 Å². The lowest BCUT2D eigenvalue weighted by molar-refractivity contribution is -0.135. The number of halogens is 3. The highest BCUT2D eigenvalue weighted by Crippen LogP contribution is 2.23. The first-order chi connectivity index (χ1) is 9.26. The van der Waals surface area contributed by atoms with Crippen LogP contribution in [0.4, 0.5) is 18.9 Å². The lowest BCUT2D eigenvalue weighted by atomic mass is 10.1. The van der Waals surface area contributed by atoms with Gasteiger partial charge in [0.25, 0.3) is 0 Å². The molecule has 5 heteroatoms. The van der Waals surface area contributed by atoms with Gasteiger partial charge in [-0.3, -0.25) is 0 Å². The van der Waals surface area contributed by atoms with Gasteiger partial charge in [0.05, 0.1) is 6.10 Å². The minimum atomic E-state index is -4.06. The summed E-state index contributed by atoms with van der Waals surface area (Å²) in [5.41, 5.74) is 0.889. The molecule has 1 unspecified atom stereocenters. The molecule has 0 aliphatic carbocycles.